The molecule has 0 aliphatic rings. The van der Waals surface area contributed by atoms with Crippen molar-refractivity contribution in [3.05, 3.63) is 53.3 Å². The van der Waals surface area contributed by atoms with Crippen molar-refractivity contribution < 1.29 is 8.42 Å². The number of nitrogens with one attached hydrogen (secondary N) is 1. The van der Waals surface area contributed by atoms with Crippen LogP contribution in [0.4, 0.5) is 5.69 Å². The van der Waals surface area contributed by atoms with Gasteiger partial charge in [0.05, 0.1) is 17.1 Å². The largest absolute Gasteiger partial charge is 0.399 e. The van der Waals surface area contributed by atoms with Crippen molar-refractivity contribution in [3.8, 4) is 0 Å². The quantitative estimate of drug-likeness (QED) is 0.841. The molecule has 0 unspecified atom stereocenters. The summed E-state index contributed by atoms with van der Waals surface area (Å²) in [5, 5.41) is 0. The lowest BCUT2D eigenvalue weighted by Crippen LogP contribution is -2.24. The monoisotopic (exact) mass is 291 g/mol. The third-order valence-electron chi connectivity index (χ3n) is 2.94. The van der Waals surface area contributed by atoms with Gasteiger partial charge in [-0.25, -0.2) is 13.1 Å². The predicted octanol–water partition coefficient (Wildman–Crippen LogP) is 1.76. The molecule has 20 heavy (non-hydrogen) atoms. The van der Waals surface area contributed by atoms with Crippen molar-refractivity contribution in [3.63, 3.8) is 0 Å². The van der Waals surface area contributed by atoms with E-state index in [0.29, 0.717) is 11.4 Å². The molecule has 6 heteroatoms. The maximum absolute atomic E-state index is 12.2. The fraction of sp³-hybridized carbons (Fsp3) is 0.214. The first kappa shape index (κ1) is 14.5. The van der Waals surface area contributed by atoms with Gasteiger partial charge in [0, 0.05) is 11.4 Å². The summed E-state index contributed by atoms with van der Waals surface area (Å²) in [6.07, 6.45) is 0. The summed E-state index contributed by atoms with van der Waals surface area (Å²) < 4.78 is 26.9. The number of benzene rings is 1. The minimum absolute atomic E-state index is 0.160. The lowest BCUT2D eigenvalue weighted by Gasteiger charge is -2.08. The Morgan fingerprint density at radius 2 is 1.95 bits per heavy atom. The summed E-state index contributed by atoms with van der Waals surface area (Å²) in [6, 6.07) is 10.1. The van der Waals surface area contributed by atoms with Gasteiger partial charge in [-0.2, -0.15) is 0 Å². The number of sulfonamides is 1. The average molecular weight is 291 g/mol. The van der Waals surface area contributed by atoms with Crippen molar-refractivity contribution in [1.29, 1.82) is 0 Å². The minimum atomic E-state index is -3.56. The molecule has 0 spiro atoms. The van der Waals surface area contributed by atoms with Crippen molar-refractivity contribution in [2.24, 2.45) is 0 Å². The van der Waals surface area contributed by atoms with Crippen LogP contribution >= 0.6 is 0 Å². The molecule has 1 aromatic heterocycles. The average Bonchev–Trinajstić information content (AvgIpc) is 2.40. The Labute approximate surface area is 118 Å². The van der Waals surface area contributed by atoms with Crippen LogP contribution < -0.4 is 10.5 Å². The highest BCUT2D eigenvalue weighted by Gasteiger charge is 2.14. The number of pyridine rings is 1. The van der Waals surface area contributed by atoms with E-state index in [4.69, 9.17) is 5.73 Å². The predicted molar refractivity (Wildman–Crippen MR) is 78.6 cm³/mol. The van der Waals surface area contributed by atoms with Gasteiger partial charge in [-0.1, -0.05) is 6.07 Å². The van der Waals surface area contributed by atoms with Crippen LogP contribution in [0, 0.1) is 13.8 Å². The molecule has 3 N–H and O–H groups in total. The summed E-state index contributed by atoms with van der Waals surface area (Å²) in [4.78, 5) is 4.46. The van der Waals surface area contributed by atoms with Crippen molar-refractivity contribution in [1.82, 2.24) is 9.71 Å². The summed E-state index contributed by atoms with van der Waals surface area (Å²) in [7, 11) is -3.56. The number of nitrogens with zero attached hydrogens (tertiary/aromatic N) is 1. The first-order valence-electron chi connectivity index (χ1n) is 6.17. The molecule has 0 radical (unpaired) electrons. The van der Waals surface area contributed by atoms with Gasteiger partial charge in [0.1, 0.15) is 0 Å². The standard InChI is InChI=1S/C14H17N3O2S/c1-10-8-13(6-7-14(10)15)20(18,19)16-9-12-5-3-4-11(2)17-12/h3-8,16H,9,15H2,1-2H3. The van der Waals surface area contributed by atoms with Gasteiger partial charge < -0.3 is 5.73 Å². The highest BCUT2D eigenvalue weighted by Crippen LogP contribution is 2.16. The fourth-order valence-corrected chi connectivity index (χ4v) is 2.85. The molecule has 1 aromatic carbocycles. The summed E-state index contributed by atoms with van der Waals surface area (Å²) >= 11 is 0. The van der Waals surface area contributed by atoms with Crippen LogP contribution in [-0.2, 0) is 16.6 Å². The Hall–Kier alpha value is -1.92. The number of aryl methyl sites for hydroxylation is 2. The Balaban J connectivity index is 2.17. The third-order valence-corrected chi connectivity index (χ3v) is 4.34. The topological polar surface area (TPSA) is 85.1 Å². The zero-order chi connectivity index (χ0) is 14.8. The van der Waals surface area contributed by atoms with E-state index in [-0.39, 0.29) is 11.4 Å². The van der Waals surface area contributed by atoms with Crippen LogP contribution in [0.5, 0.6) is 0 Å². The summed E-state index contributed by atoms with van der Waals surface area (Å²) in [6.45, 7) is 3.80. The number of hydrogen-bond acceptors (Lipinski definition) is 4. The Kier molecular flexibility index (Phi) is 4.06. The highest BCUT2D eigenvalue weighted by molar-refractivity contribution is 7.89. The number of rotatable bonds is 4. The molecule has 0 aliphatic heterocycles. The molecule has 2 aromatic rings. The van der Waals surface area contributed by atoms with E-state index >= 15 is 0 Å². The van der Waals surface area contributed by atoms with Crippen LogP contribution in [0.15, 0.2) is 41.3 Å². The van der Waals surface area contributed by atoms with Gasteiger partial charge in [0.25, 0.3) is 0 Å². The molecule has 0 aliphatic carbocycles. The van der Waals surface area contributed by atoms with Gasteiger partial charge in [0.2, 0.25) is 10.0 Å². The van der Waals surface area contributed by atoms with E-state index in [1.165, 1.54) is 6.07 Å². The molecule has 0 saturated carbocycles. The maximum atomic E-state index is 12.2. The van der Waals surface area contributed by atoms with Gasteiger partial charge in [-0.3, -0.25) is 4.98 Å². The molecular formula is C14H17N3O2S. The van der Waals surface area contributed by atoms with Crippen molar-refractivity contribution >= 4 is 15.7 Å². The van der Waals surface area contributed by atoms with Crippen molar-refractivity contribution in [2.75, 3.05) is 5.73 Å². The number of nitrogens with two attached hydrogens (primary N) is 1. The zero-order valence-electron chi connectivity index (χ0n) is 11.4. The molecule has 0 fully saturated rings. The van der Waals surface area contributed by atoms with E-state index in [0.717, 1.165) is 11.3 Å². The second-order valence-electron chi connectivity index (χ2n) is 4.61. The van der Waals surface area contributed by atoms with E-state index in [2.05, 4.69) is 9.71 Å². The molecule has 1 heterocycles. The van der Waals surface area contributed by atoms with E-state index in [1.807, 2.05) is 19.1 Å². The molecule has 0 amide bonds. The fourth-order valence-electron chi connectivity index (χ4n) is 1.77. The number of nitrogen functional groups attached to an aromatic ring is 1. The molecule has 0 atom stereocenters. The molecule has 2 rings (SSSR count). The number of anilines is 1. The lowest BCUT2D eigenvalue weighted by atomic mass is 10.2. The first-order valence-corrected chi connectivity index (χ1v) is 7.65. The van der Waals surface area contributed by atoms with E-state index in [1.54, 1.807) is 25.1 Å². The van der Waals surface area contributed by atoms with Crippen LogP contribution in [0.2, 0.25) is 0 Å². The molecule has 5 nitrogen and oxygen atoms in total. The first-order chi connectivity index (χ1) is 9.38. The maximum Gasteiger partial charge on any atom is 0.240 e. The SMILES string of the molecule is Cc1cccc(CNS(=O)(=O)c2ccc(N)c(C)c2)n1. The Morgan fingerprint density at radius 1 is 1.20 bits per heavy atom. The second kappa shape index (κ2) is 5.60. The van der Waals surface area contributed by atoms with Gasteiger partial charge in [0.15, 0.2) is 0 Å². The van der Waals surface area contributed by atoms with Gasteiger partial charge >= 0.3 is 0 Å². The molecule has 0 saturated heterocycles. The molecular weight excluding hydrogens is 274 g/mol. The third kappa shape index (κ3) is 3.34. The van der Waals surface area contributed by atoms with E-state index < -0.39 is 10.0 Å². The minimum Gasteiger partial charge on any atom is -0.399 e. The number of hydrogen-bond donors (Lipinski definition) is 2. The van der Waals surface area contributed by atoms with Gasteiger partial charge in [-0.05, 0) is 49.7 Å². The summed E-state index contributed by atoms with van der Waals surface area (Å²) in [5.41, 5.74) is 8.53. The van der Waals surface area contributed by atoms with Crippen molar-refractivity contribution in [2.45, 2.75) is 25.3 Å². The van der Waals surface area contributed by atoms with Crippen LogP contribution in [0.25, 0.3) is 0 Å². The Bertz CT molecular complexity index is 727. The van der Waals surface area contributed by atoms with Crippen LogP contribution in [0.1, 0.15) is 17.0 Å². The molecule has 106 valence electrons. The Morgan fingerprint density at radius 3 is 2.60 bits per heavy atom. The normalized spacial score (nSPS) is 11.5. The second-order valence-corrected chi connectivity index (χ2v) is 6.38. The van der Waals surface area contributed by atoms with E-state index in [9.17, 15) is 8.42 Å². The highest BCUT2D eigenvalue weighted by atomic mass is 32.2. The molecule has 0 bridgehead atoms. The van der Waals surface area contributed by atoms with Gasteiger partial charge in [-0.15, -0.1) is 0 Å². The summed E-state index contributed by atoms with van der Waals surface area (Å²) in [5.74, 6) is 0. The smallest absolute Gasteiger partial charge is 0.240 e. The number of aromatic nitrogens is 1. The zero-order valence-corrected chi connectivity index (χ0v) is 12.2. The lowest BCUT2D eigenvalue weighted by molar-refractivity contribution is 0.580. The van der Waals surface area contributed by atoms with Crippen LogP contribution in [0.3, 0.4) is 0 Å². The van der Waals surface area contributed by atoms with Crippen LogP contribution in [-0.4, -0.2) is 13.4 Å².